The van der Waals surface area contributed by atoms with Crippen LogP contribution in [0.2, 0.25) is 0 Å². The van der Waals surface area contributed by atoms with E-state index in [1.54, 1.807) is 12.1 Å². The molecule has 0 amide bonds. The van der Waals surface area contributed by atoms with Crippen molar-refractivity contribution in [1.29, 1.82) is 0 Å². The Labute approximate surface area is 191 Å². The molecule has 0 aliphatic heterocycles. The molecular weight excluding hydrogens is 457 g/mol. The van der Waals surface area contributed by atoms with E-state index < -0.39 is 17.5 Å². The van der Waals surface area contributed by atoms with Crippen LogP contribution >= 0.6 is 0 Å². The predicted octanol–water partition coefficient (Wildman–Crippen LogP) is 5.55. The summed E-state index contributed by atoms with van der Waals surface area (Å²) in [6, 6.07) is 9.76. The van der Waals surface area contributed by atoms with Crippen molar-refractivity contribution < 1.29 is 41.3 Å². The second-order valence-corrected chi connectivity index (χ2v) is 7.04. The first kappa shape index (κ1) is 23.1. The molecule has 0 aliphatic carbocycles. The third-order valence-corrected chi connectivity index (χ3v) is 5.20. The molecule has 0 saturated carbocycles. The Hall–Kier alpha value is -4.08. The number of halogens is 3. The van der Waals surface area contributed by atoms with Gasteiger partial charge in [-0.1, -0.05) is 12.1 Å². The fourth-order valence-electron chi connectivity index (χ4n) is 3.76. The molecule has 1 heterocycles. The van der Waals surface area contributed by atoms with Crippen LogP contribution in [0, 0.1) is 0 Å². The highest BCUT2D eigenvalue weighted by Crippen LogP contribution is 2.44. The van der Waals surface area contributed by atoms with Crippen LogP contribution < -0.4 is 29.1 Å². The molecule has 4 rings (SSSR count). The molecule has 34 heavy (non-hydrogen) atoms. The van der Waals surface area contributed by atoms with Gasteiger partial charge in [0.2, 0.25) is 11.2 Å². The van der Waals surface area contributed by atoms with Crippen molar-refractivity contribution >= 4 is 21.9 Å². The lowest BCUT2D eigenvalue weighted by Gasteiger charge is -2.16. The molecule has 0 atom stereocenters. The number of hydrogen-bond donors (Lipinski definition) is 0. The van der Waals surface area contributed by atoms with Crippen LogP contribution in [0.25, 0.3) is 33.1 Å². The maximum atomic E-state index is 13.5. The van der Waals surface area contributed by atoms with Crippen LogP contribution in [0.1, 0.15) is 0 Å². The number of rotatable bonds is 6. The molecule has 1 aromatic heterocycles. The number of benzene rings is 3. The van der Waals surface area contributed by atoms with Gasteiger partial charge in [0, 0.05) is 6.07 Å². The Bertz CT molecular complexity index is 1420. The van der Waals surface area contributed by atoms with Crippen LogP contribution in [0.15, 0.2) is 51.7 Å². The third-order valence-electron chi connectivity index (χ3n) is 5.20. The summed E-state index contributed by atoms with van der Waals surface area (Å²) in [6.07, 6.45) is -4.83. The number of hydrogen-bond acceptors (Lipinski definition) is 7. The average Bonchev–Trinajstić information content (AvgIpc) is 2.81. The minimum Gasteiger partial charge on any atom is -0.496 e. The third kappa shape index (κ3) is 3.91. The zero-order chi connectivity index (χ0) is 24.6. The molecule has 4 aromatic rings. The van der Waals surface area contributed by atoms with E-state index in [1.165, 1.54) is 46.6 Å². The van der Waals surface area contributed by atoms with Crippen molar-refractivity contribution in [1.82, 2.24) is 0 Å². The topological polar surface area (TPSA) is 76.4 Å². The Kier molecular flexibility index (Phi) is 5.90. The van der Waals surface area contributed by atoms with Gasteiger partial charge in [-0.25, -0.2) is 0 Å². The van der Waals surface area contributed by atoms with Gasteiger partial charge in [-0.2, -0.15) is 0 Å². The highest BCUT2D eigenvalue weighted by Gasteiger charge is 2.31. The van der Waals surface area contributed by atoms with Gasteiger partial charge in [-0.3, -0.25) is 4.79 Å². The fourth-order valence-corrected chi connectivity index (χ4v) is 3.76. The van der Waals surface area contributed by atoms with Crippen LogP contribution in [-0.2, 0) is 0 Å². The molecule has 178 valence electrons. The van der Waals surface area contributed by atoms with E-state index >= 15 is 0 Å². The summed E-state index contributed by atoms with van der Waals surface area (Å²) < 4.78 is 69.5. The van der Waals surface area contributed by atoms with Gasteiger partial charge in [0.05, 0.1) is 39.4 Å². The molecule has 3 aromatic carbocycles. The Morgan fingerprint density at radius 3 is 1.97 bits per heavy atom. The monoisotopic (exact) mass is 476 g/mol. The standard InChI is InChI=1S/C24H19F3O7/c1-29-15-10-9-14-20(28)19-17(31-3)11-16(30-2)18(23(19)33-21(14)22(15)32-4)12-5-7-13(8-6-12)34-24(25,26)27/h5-11H,1-4H3. The first-order valence-electron chi connectivity index (χ1n) is 9.85. The first-order chi connectivity index (χ1) is 16.2. The Balaban J connectivity index is 2.09. The maximum Gasteiger partial charge on any atom is 0.573 e. The minimum absolute atomic E-state index is 0.102. The van der Waals surface area contributed by atoms with Crippen molar-refractivity contribution in [2.75, 3.05) is 28.4 Å². The molecule has 10 heteroatoms. The fraction of sp³-hybridized carbons (Fsp3) is 0.208. The van der Waals surface area contributed by atoms with E-state index in [9.17, 15) is 18.0 Å². The normalized spacial score (nSPS) is 11.5. The molecule has 0 fully saturated rings. The zero-order valence-corrected chi connectivity index (χ0v) is 18.5. The van der Waals surface area contributed by atoms with Gasteiger partial charge in [0.1, 0.15) is 22.6 Å². The van der Waals surface area contributed by atoms with E-state index in [0.717, 1.165) is 12.1 Å². The minimum atomic E-state index is -4.83. The van der Waals surface area contributed by atoms with E-state index in [2.05, 4.69) is 4.74 Å². The summed E-state index contributed by atoms with van der Waals surface area (Å²) in [7, 11) is 5.67. The Morgan fingerprint density at radius 1 is 0.765 bits per heavy atom. The summed E-state index contributed by atoms with van der Waals surface area (Å²) in [5, 5.41) is 0.363. The van der Waals surface area contributed by atoms with Gasteiger partial charge in [0.15, 0.2) is 16.9 Å². The van der Waals surface area contributed by atoms with Crippen molar-refractivity contribution in [2.45, 2.75) is 6.36 Å². The summed E-state index contributed by atoms with van der Waals surface area (Å²) in [5.74, 6) is 0.644. The van der Waals surface area contributed by atoms with E-state index in [0.29, 0.717) is 16.9 Å². The SMILES string of the molecule is COc1ccc2c(=O)c3c(OC)cc(OC)c(-c4ccc(OC(F)(F)F)cc4)c3oc2c1OC. The summed E-state index contributed by atoms with van der Waals surface area (Å²) in [6.45, 7) is 0. The molecule has 0 aliphatic rings. The molecule has 0 saturated heterocycles. The zero-order valence-electron chi connectivity index (χ0n) is 18.5. The van der Waals surface area contributed by atoms with Crippen LogP contribution in [0.4, 0.5) is 13.2 Å². The quantitative estimate of drug-likeness (QED) is 0.338. The lowest BCUT2D eigenvalue weighted by molar-refractivity contribution is -0.274. The number of alkyl halides is 3. The summed E-state index contributed by atoms with van der Waals surface area (Å²) in [5.41, 5.74) is 0.594. The molecule has 0 bridgehead atoms. The summed E-state index contributed by atoms with van der Waals surface area (Å²) >= 11 is 0. The first-order valence-corrected chi connectivity index (χ1v) is 9.85. The smallest absolute Gasteiger partial charge is 0.496 e. The lowest BCUT2D eigenvalue weighted by Crippen LogP contribution is -2.16. The second kappa shape index (κ2) is 8.69. The van der Waals surface area contributed by atoms with Crippen LogP contribution in [0.3, 0.4) is 0 Å². The van der Waals surface area contributed by atoms with Crippen LogP contribution in [0.5, 0.6) is 28.7 Å². The lowest BCUT2D eigenvalue weighted by atomic mass is 9.99. The molecule has 0 unspecified atom stereocenters. The van der Waals surface area contributed by atoms with E-state index in [1.807, 2.05) is 0 Å². The van der Waals surface area contributed by atoms with Gasteiger partial charge in [-0.15, -0.1) is 13.2 Å². The van der Waals surface area contributed by atoms with Crippen molar-refractivity contribution in [2.24, 2.45) is 0 Å². The molecule has 7 nitrogen and oxygen atoms in total. The van der Waals surface area contributed by atoms with E-state index in [-0.39, 0.29) is 39.2 Å². The number of ether oxygens (including phenoxy) is 5. The highest BCUT2D eigenvalue weighted by atomic mass is 19.4. The predicted molar refractivity (Wildman–Crippen MR) is 118 cm³/mol. The molecule has 0 radical (unpaired) electrons. The van der Waals surface area contributed by atoms with Gasteiger partial charge in [-0.05, 0) is 29.8 Å². The van der Waals surface area contributed by atoms with Gasteiger partial charge >= 0.3 is 6.36 Å². The van der Waals surface area contributed by atoms with Crippen LogP contribution in [-0.4, -0.2) is 34.8 Å². The average molecular weight is 476 g/mol. The Morgan fingerprint density at radius 2 is 1.41 bits per heavy atom. The second-order valence-electron chi connectivity index (χ2n) is 7.04. The molecule has 0 spiro atoms. The van der Waals surface area contributed by atoms with Gasteiger partial charge in [0.25, 0.3) is 0 Å². The van der Waals surface area contributed by atoms with Crippen molar-refractivity contribution in [3.63, 3.8) is 0 Å². The number of methoxy groups -OCH3 is 4. The largest absolute Gasteiger partial charge is 0.573 e. The van der Waals surface area contributed by atoms with Crippen molar-refractivity contribution in [3.8, 4) is 39.9 Å². The van der Waals surface area contributed by atoms with Crippen molar-refractivity contribution in [3.05, 3.63) is 52.7 Å². The molecule has 0 N–H and O–H groups in total. The van der Waals surface area contributed by atoms with Gasteiger partial charge < -0.3 is 28.1 Å². The highest BCUT2D eigenvalue weighted by molar-refractivity contribution is 6.04. The van der Waals surface area contributed by atoms with E-state index in [4.69, 9.17) is 23.4 Å². The maximum absolute atomic E-state index is 13.5. The summed E-state index contributed by atoms with van der Waals surface area (Å²) in [4.78, 5) is 13.5. The number of fused-ring (bicyclic) bond motifs is 2. The molecular formula is C24H19F3O7.